The highest BCUT2D eigenvalue weighted by atomic mass is 32.2. The van der Waals surface area contributed by atoms with E-state index in [2.05, 4.69) is 5.32 Å². The van der Waals surface area contributed by atoms with Crippen LogP contribution in [0.15, 0.2) is 53.4 Å². The molecule has 2 aromatic carbocycles. The Hall–Kier alpha value is -1.70. The maximum Gasteiger partial charge on any atom is 0.183 e. The standard InChI is InChI=1S/C19H23NO4S2/c1-14-3-7-16(8-4-14)11-20-18-12-25(21,22)13-19(18)26(23,24)17-9-5-15(2)6-10-17/h3-10,18-20H,11-13H2,1-2H3/t18-,19-/m0/s1. The first-order valence-corrected chi connectivity index (χ1v) is 11.8. The molecule has 1 fully saturated rings. The second-order valence-electron chi connectivity index (χ2n) is 6.95. The smallest absolute Gasteiger partial charge is 0.183 e. The van der Waals surface area contributed by atoms with Crippen LogP contribution >= 0.6 is 0 Å². The van der Waals surface area contributed by atoms with E-state index in [0.29, 0.717) is 6.54 Å². The highest BCUT2D eigenvalue weighted by Crippen LogP contribution is 2.26. The lowest BCUT2D eigenvalue weighted by Crippen LogP contribution is -2.43. The maximum absolute atomic E-state index is 13.0. The molecule has 0 unspecified atom stereocenters. The van der Waals surface area contributed by atoms with E-state index < -0.39 is 31.0 Å². The number of aryl methyl sites for hydroxylation is 2. The van der Waals surface area contributed by atoms with Gasteiger partial charge >= 0.3 is 0 Å². The fourth-order valence-corrected chi connectivity index (χ4v) is 7.89. The van der Waals surface area contributed by atoms with Crippen LogP contribution in [0.2, 0.25) is 0 Å². The van der Waals surface area contributed by atoms with E-state index >= 15 is 0 Å². The lowest BCUT2D eigenvalue weighted by Gasteiger charge is -2.20. The van der Waals surface area contributed by atoms with Crippen molar-refractivity contribution in [2.45, 2.75) is 36.6 Å². The number of rotatable bonds is 5. The first-order chi connectivity index (χ1) is 12.2. The Labute approximate surface area is 155 Å². The topological polar surface area (TPSA) is 80.3 Å². The molecule has 0 radical (unpaired) electrons. The van der Waals surface area contributed by atoms with Crippen molar-refractivity contribution in [1.29, 1.82) is 0 Å². The van der Waals surface area contributed by atoms with Gasteiger partial charge in [-0.1, -0.05) is 47.5 Å². The van der Waals surface area contributed by atoms with Crippen LogP contribution < -0.4 is 5.32 Å². The predicted octanol–water partition coefficient (Wildman–Crippen LogP) is 2.03. The van der Waals surface area contributed by atoms with Crippen molar-refractivity contribution in [2.24, 2.45) is 0 Å². The third kappa shape index (κ3) is 4.16. The summed E-state index contributed by atoms with van der Waals surface area (Å²) in [5.74, 6) is -0.497. The largest absolute Gasteiger partial charge is 0.308 e. The van der Waals surface area contributed by atoms with Gasteiger partial charge in [-0.05, 0) is 31.5 Å². The normalized spacial score (nSPS) is 22.4. The minimum atomic E-state index is -3.73. The zero-order valence-corrected chi connectivity index (χ0v) is 16.5. The zero-order valence-electron chi connectivity index (χ0n) is 14.8. The Morgan fingerprint density at radius 1 is 0.923 bits per heavy atom. The van der Waals surface area contributed by atoms with Crippen LogP contribution in [0.1, 0.15) is 16.7 Å². The SMILES string of the molecule is Cc1ccc(CN[C@H]2CS(=O)(=O)C[C@@H]2S(=O)(=O)c2ccc(C)cc2)cc1. The number of benzene rings is 2. The molecule has 0 bridgehead atoms. The molecule has 5 nitrogen and oxygen atoms in total. The van der Waals surface area contributed by atoms with Crippen molar-refractivity contribution in [3.8, 4) is 0 Å². The second kappa shape index (κ2) is 7.13. The molecule has 140 valence electrons. The van der Waals surface area contributed by atoms with E-state index in [1.807, 2.05) is 38.1 Å². The molecule has 1 aliphatic heterocycles. The highest BCUT2D eigenvalue weighted by Gasteiger charge is 2.45. The predicted molar refractivity (Wildman–Crippen MR) is 103 cm³/mol. The highest BCUT2D eigenvalue weighted by molar-refractivity contribution is 7.96. The van der Waals surface area contributed by atoms with Crippen LogP contribution in [-0.4, -0.2) is 39.6 Å². The van der Waals surface area contributed by atoms with Gasteiger partial charge in [-0.3, -0.25) is 0 Å². The van der Waals surface area contributed by atoms with Gasteiger partial charge in [-0.15, -0.1) is 0 Å². The summed E-state index contributed by atoms with van der Waals surface area (Å²) in [7, 11) is -7.13. The van der Waals surface area contributed by atoms with E-state index in [-0.39, 0.29) is 16.4 Å². The van der Waals surface area contributed by atoms with Crippen LogP contribution in [-0.2, 0) is 26.2 Å². The molecule has 1 N–H and O–H groups in total. The molecule has 0 aliphatic carbocycles. The van der Waals surface area contributed by atoms with Gasteiger partial charge in [0, 0.05) is 12.6 Å². The summed E-state index contributed by atoms with van der Waals surface area (Å²) in [6.07, 6.45) is 0. The minimum Gasteiger partial charge on any atom is -0.308 e. The Kier molecular flexibility index (Phi) is 5.23. The molecular weight excluding hydrogens is 370 g/mol. The maximum atomic E-state index is 13.0. The van der Waals surface area contributed by atoms with E-state index in [4.69, 9.17) is 0 Å². The average Bonchev–Trinajstić information content (AvgIpc) is 2.90. The number of nitrogens with one attached hydrogen (secondary N) is 1. The summed E-state index contributed by atoms with van der Waals surface area (Å²) in [5.41, 5.74) is 3.08. The van der Waals surface area contributed by atoms with Crippen molar-refractivity contribution in [3.63, 3.8) is 0 Å². The van der Waals surface area contributed by atoms with Crippen molar-refractivity contribution in [2.75, 3.05) is 11.5 Å². The molecular formula is C19H23NO4S2. The molecule has 1 heterocycles. The molecule has 2 atom stereocenters. The van der Waals surface area contributed by atoms with E-state index in [1.54, 1.807) is 24.3 Å². The average molecular weight is 394 g/mol. The van der Waals surface area contributed by atoms with Gasteiger partial charge in [0.2, 0.25) is 0 Å². The molecule has 3 rings (SSSR count). The molecule has 0 amide bonds. The molecule has 0 spiro atoms. The minimum absolute atomic E-state index is 0.158. The molecule has 7 heteroatoms. The molecule has 1 saturated heterocycles. The lowest BCUT2D eigenvalue weighted by molar-refractivity contribution is 0.526. The monoisotopic (exact) mass is 393 g/mol. The quantitative estimate of drug-likeness (QED) is 0.841. The molecule has 2 aromatic rings. The zero-order chi connectivity index (χ0) is 18.9. The van der Waals surface area contributed by atoms with Crippen LogP contribution in [0.5, 0.6) is 0 Å². The number of hydrogen-bond acceptors (Lipinski definition) is 5. The van der Waals surface area contributed by atoms with Gasteiger partial charge in [-0.25, -0.2) is 16.8 Å². The van der Waals surface area contributed by atoms with Gasteiger partial charge in [0.05, 0.1) is 21.7 Å². The van der Waals surface area contributed by atoms with Gasteiger partial charge in [0.1, 0.15) is 0 Å². The fraction of sp³-hybridized carbons (Fsp3) is 0.368. The first kappa shape index (κ1) is 19.1. The van der Waals surface area contributed by atoms with Crippen molar-refractivity contribution < 1.29 is 16.8 Å². The van der Waals surface area contributed by atoms with E-state index in [9.17, 15) is 16.8 Å². The van der Waals surface area contributed by atoms with E-state index in [0.717, 1.165) is 16.7 Å². The van der Waals surface area contributed by atoms with E-state index in [1.165, 1.54) is 0 Å². The van der Waals surface area contributed by atoms with Gasteiger partial charge in [0.25, 0.3) is 0 Å². The third-order valence-corrected chi connectivity index (χ3v) is 8.90. The van der Waals surface area contributed by atoms with Gasteiger partial charge in [0.15, 0.2) is 19.7 Å². The summed E-state index contributed by atoms with van der Waals surface area (Å²) in [4.78, 5) is 0.173. The molecule has 0 aromatic heterocycles. The van der Waals surface area contributed by atoms with Crippen molar-refractivity contribution >= 4 is 19.7 Å². The summed E-state index contributed by atoms with van der Waals surface area (Å²) >= 11 is 0. The molecule has 26 heavy (non-hydrogen) atoms. The van der Waals surface area contributed by atoms with Gasteiger partial charge < -0.3 is 5.32 Å². The Bertz CT molecular complexity index is 979. The summed E-state index contributed by atoms with van der Waals surface area (Å²) < 4.78 is 50.3. The summed E-state index contributed by atoms with van der Waals surface area (Å²) in [6, 6.07) is 13.8. The Morgan fingerprint density at radius 2 is 1.46 bits per heavy atom. The van der Waals surface area contributed by atoms with Gasteiger partial charge in [-0.2, -0.15) is 0 Å². The first-order valence-electron chi connectivity index (χ1n) is 8.47. The Morgan fingerprint density at radius 3 is 2.04 bits per heavy atom. The Balaban J connectivity index is 1.83. The summed E-state index contributed by atoms with van der Waals surface area (Å²) in [6.45, 7) is 4.30. The van der Waals surface area contributed by atoms with Crippen molar-refractivity contribution in [3.05, 3.63) is 65.2 Å². The second-order valence-corrected chi connectivity index (χ2v) is 11.3. The van der Waals surface area contributed by atoms with Crippen LogP contribution in [0.3, 0.4) is 0 Å². The van der Waals surface area contributed by atoms with Crippen molar-refractivity contribution in [1.82, 2.24) is 5.32 Å². The fourth-order valence-electron chi connectivity index (χ4n) is 3.17. The molecule has 1 aliphatic rings. The van der Waals surface area contributed by atoms with Crippen LogP contribution in [0.4, 0.5) is 0 Å². The van der Waals surface area contributed by atoms with Crippen LogP contribution in [0.25, 0.3) is 0 Å². The third-order valence-electron chi connectivity index (χ3n) is 4.74. The number of hydrogen-bond donors (Lipinski definition) is 1. The number of sulfone groups is 2. The summed E-state index contributed by atoms with van der Waals surface area (Å²) in [5, 5.41) is 2.18. The van der Waals surface area contributed by atoms with Crippen LogP contribution in [0, 0.1) is 13.8 Å². The molecule has 0 saturated carbocycles. The lowest BCUT2D eigenvalue weighted by atomic mass is 10.1.